The standard InChI is InChI=1S/C18H23N3OS/c1-18(2,3)13-4-5-15-12(10-13)7-9-21(15)17(22)14-11-23-16(20-14)6-8-19/h4-5,10-11H,6-9,19H2,1-3H3. The fourth-order valence-corrected chi connectivity index (χ4v) is 3.65. The fraction of sp³-hybridized carbons (Fsp3) is 0.444. The van der Waals surface area contributed by atoms with Gasteiger partial charge in [0.25, 0.3) is 5.91 Å². The molecule has 0 saturated carbocycles. The number of nitrogens with zero attached hydrogens (tertiary/aromatic N) is 2. The van der Waals surface area contributed by atoms with E-state index in [1.807, 2.05) is 10.3 Å². The van der Waals surface area contributed by atoms with Gasteiger partial charge >= 0.3 is 0 Å². The zero-order chi connectivity index (χ0) is 16.6. The molecule has 2 N–H and O–H groups in total. The van der Waals surface area contributed by atoms with Crippen molar-refractivity contribution in [2.45, 2.75) is 39.0 Å². The highest BCUT2D eigenvalue weighted by Crippen LogP contribution is 2.33. The monoisotopic (exact) mass is 329 g/mol. The summed E-state index contributed by atoms with van der Waals surface area (Å²) in [5.74, 6) is -0.00761. The van der Waals surface area contributed by atoms with Gasteiger partial charge in [-0.15, -0.1) is 11.3 Å². The molecule has 0 atom stereocenters. The van der Waals surface area contributed by atoms with Crippen LogP contribution in [-0.4, -0.2) is 24.0 Å². The normalized spacial score (nSPS) is 14.2. The van der Waals surface area contributed by atoms with Crippen LogP contribution >= 0.6 is 11.3 Å². The molecule has 0 unspecified atom stereocenters. The minimum Gasteiger partial charge on any atom is -0.330 e. The minimum atomic E-state index is -0.00761. The predicted molar refractivity (Wildman–Crippen MR) is 95.4 cm³/mol. The van der Waals surface area contributed by atoms with Gasteiger partial charge in [0.1, 0.15) is 5.69 Å². The second-order valence-corrected chi connectivity index (χ2v) is 7.91. The Morgan fingerprint density at radius 1 is 1.39 bits per heavy atom. The summed E-state index contributed by atoms with van der Waals surface area (Å²) in [4.78, 5) is 19.0. The average Bonchev–Trinajstić information content (AvgIpc) is 3.12. The molecule has 0 fully saturated rings. The van der Waals surface area contributed by atoms with Crippen molar-refractivity contribution in [2.75, 3.05) is 18.0 Å². The van der Waals surface area contributed by atoms with Crippen molar-refractivity contribution in [3.05, 3.63) is 45.4 Å². The zero-order valence-corrected chi connectivity index (χ0v) is 14.7. The highest BCUT2D eigenvalue weighted by atomic mass is 32.1. The van der Waals surface area contributed by atoms with Crippen LogP contribution in [0, 0.1) is 0 Å². The lowest BCUT2D eigenvalue weighted by molar-refractivity contribution is 0.0985. The number of benzene rings is 1. The molecule has 23 heavy (non-hydrogen) atoms. The van der Waals surface area contributed by atoms with E-state index < -0.39 is 0 Å². The molecule has 5 heteroatoms. The number of carbonyl (C=O) groups excluding carboxylic acids is 1. The van der Waals surface area contributed by atoms with Crippen LogP contribution in [0.3, 0.4) is 0 Å². The van der Waals surface area contributed by atoms with Gasteiger partial charge in [0, 0.05) is 24.0 Å². The smallest absolute Gasteiger partial charge is 0.277 e. The third kappa shape index (κ3) is 3.16. The number of thiazole rings is 1. The molecule has 3 rings (SSSR count). The highest BCUT2D eigenvalue weighted by molar-refractivity contribution is 7.09. The number of hydrogen-bond donors (Lipinski definition) is 1. The summed E-state index contributed by atoms with van der Waals surface area (Å²) < 4.78 is 0. The van der Waals surface area contributed by atoms with Gasteiger partial charge in [0.2, 0.25) is 0 Å². The lowest BCUT2D eigenvalue weighted by Crippen LogP contribution is -2.29. The zero-order valence-electron chi connectivity index (χ0n) is 13.9. The fourth-order valence-electron chi connectivity index (χ4n) is 2.86. The van der Waals surface area contributed by atoms with Crippen LogP contribution in [0.4, 0.5) is 5.69 Å². The van der Waals surface area contributed by atoms with Crippen LogP contribution in [0.5, 0.6) is 0 Å². The SMILES string of the molecule is CC(C)(C)c1ccc2c(c1)CCN2C(=O)c1csc(CCN)n1. The van der Waals surface area contributed by atoms with Crippen molar-refractivity contribution in [3.63, 3.8) is 0 Å². The van der Waals surface area contributed by atoms with Gasteiger partial charge in [0.05, 0.1) is 5.01 Å². The van der Waals surface area contributed by atoms with E-state index in [0.717, 1.165) is 30.1 Å². The van der Waals surface area contributed by atoms with E-state index in [2.05, 4.69) is 44.0 Å². The van der Waals surface area contributed by atoms with Crippen molar-refractivity contribution >= 4 is 22.9 Å². The first-order chi connectivity index (χ1) is 10.9. The number of nitrogens with two attached hydrogens (primary N) is 1. The Balaban J connectivity index is 1.85. The summed E-state index contributed by atoms with van der Waals surface area (Å²) in [5, 5.41) is 2.77. The number of fused-ring (bicyclic) bond motifs is 1. The van der Waals surface area contributed by atoms with Crippen molar-refractivity contribution < 1.29 is 4.79 Å². The first kappa shape index (κ1) is 16.1. The van der Waals surface area contributed by atoms with Gasteiger partial charge in [-0.2, -0.15) is 0 Å². The van der Waals surface area contributed by atoms with Crippen molar-refractivity contribution in [3.8, 4) is 0 Å². The molecule has 1 aromatic carbocycles. The molecule has 0 aliphatic carbocycles. The van der Waals surface area contributed by atoms with Gasteiger partial charge < -0.3 is 10.6 Å². The molecule has 4 nitrogen and oxygen atoms in total. The first-order valence-electron chi connectivity index (χ1n) is 8.00. The topological polar surface area (TPSA) is 59.2 Å². The van der Waals surface area contributed by atoms with Gasteiger partial charge in [-0.05, 0) is 35.6 Å². The maximum absolute atomic E-state index is 12.7. The molecule has 1 amide bonds. The summed E-state index contributed by atoms with van der Waals surface area (Å²) in [6, 6.07) is 6.45. The molecular formula is C18H23N3OS. The Morgan fingerprint density at radius 3 is 2.87 bits per heavy atom. The molecule has 0 bridgehead atoms. The Morgan fingerprint density at radius 2 is 2.17 bits per heavy atom. The molecule has 1 aromatic heterocycles. The van der Waals surface area contributed by atoms with Crippen LogP contribution in [0.2, 0.25) is 0 Å². The number of amides is 1. The highest BCUT2D eigenvalue weighted by Gasteiger charge is 2.28. The first-order valence-corrected chi connectivity index (χ1v) is 8.88. The van der Waals surface area contributed by atoms with Crippen molar-refractivity contribution in [1.82, 2.24) is 4.98 Å². The van der Waals surface area contributed by atoms with Gasteiger partial charge in [-0.25, -0.2) is 4.98 Å². The lowest BCUT2D eigenvalue weighted by Gasteiger charge is -2.21. The molecule has 122 valence electrons. The summed E-state index contributed by atoms with van der Waals surface area (Å²) in [6.45, 7) is 7.91. The lowest BCUT2D eigenvalue weighted by atomic mass is 9.86. The van der Waals surface area contributed by atoms with Crippen LogP contribution < -0.4 is 10.6 Å². The number of carbonyl (C=O) groups is 1. The average molecular weight is 329 g/mol. The number of hydrogen-bond acceptors (Lipinski definition) is 4. The third-order valence-electron chi connectivity index (χ3n) is 4.22. The summed E-state index contributed by atoms with van der Waals surface area (Å²) in [5.41, 5.74) is 9.80. The van der Waals surface area contributed by atoms with E-state index in [-0.39, 0.29) is 11.3 Å². The molecule has 2 heterocycles. The number of rotatable bonds is 3. The second kappa shape index (κ2) is 6.06. The minimum absolute atomic E-state index is 0.00761. The maximum Gasteiger partial charge on any atom is 0.277 e. The molecular weight excluding hydrogens is 306 g/mol. The summed E-state index contributed by atoms with van der Waals surface area (Å²) >= 11 is 1.51. The van der Waals surface area contributed by atoms with Crippen LogP contribution in [0.1, 0.15) is 47.4 Å². The molecule has 1 aliphatic rings. The molecule has 2 aromatic rings. The molecule has 0 spiro atoms. The van der Waals surface area contributed by atoms with E-state index in [9.17, 15) is 4.79 Å². The quantitative estimate of drug-likeness (QED) is 0.941. The van der Waals surface area contributed by atoms with E-state index in [1.165, 1.54) is 22.5 Å². The largest absolute Gasteiger partial charge is 0.330 e. The summed E-state index contributed by atoms with van der Waals surface area (Å²) in [7, 11) is 0. The van der Waals surface area contributed by atoms with Crippen molar-refractivity contribution in [1.29, 1.82) is 0 Å². The van der Waals surface area contributed by atoms with Crippen LogP contribution in [0.15, 0.2) is 23.6 Å². The maximum atomic E-state index is 12.7. The van der Waals surface area contributed by atoms with E-state index in [1.54, 1.807) is 0 Å². The summed E-state index contributed by atoms with van der Waals surface area (Å²) in [6.07, 6.45) is 1.63. The van der Waals surface area contributed by atoms with Crippen LogP contribution in [-0.2, 0) is 18.3 Å². The number of aromatic nitrogens is 1. The second-order valence-electron chi connectivity index (χ2n) is 6.97. The molecule has 1 aliphatic heterocycles. The van der Waals surface area contributed by atoms with Gasteiger partial charge in [-0.3, -0.25) is 4.79 Å². The van der Waals surface area contributed by atoms with E-state index >= 15 is 0 Å². The van der Waals surface area contributed by atoms with Crippen molar-refractivity contribution in [2.24, 2.45) is 5.73 Å². The molecule has 0 saturated heterocycles. The van der Waals surface area contributed by atoms with Crippen LogP contribution in [0.25, 0.3) is 0 Å². The van der Waals surface area contributed by atoms with Gasteiger partial charge in [-0.1, -0.05) is 32.9 Å². The Bertz CT molecular complexity index is 730. The Hall–Kier alpha value is -1.72. The number of anilines is 1. The Labute approximate surface area is 141 Å². The predicted octanol–water partition coefficient (Wildman–Crippen LogP) is 3.14. The Kier molecular flexibility index (Phi) is 4.25. The van der Waals surface area contributed by atoms with E-state index in [4.69, 9.17) is 5.73 Å². The third-order valence-corrected chi connectivity index (χ3v) is 5.12. The van der Waals surface area contributed by atoms with Gasteiger partial charge in [0.15, 0.2) is 0 Å². The molecule has 0 radical (unpaired) electrons. The van der Waals surface area contributed by atoms with E-state index in [0.29, 0.717) is 12.2 Å².